The van der Waals surface area contributed by atoms with Gasteiger partial charge in [-0.05, 0) is 11.6 Å². The summed E-state index contributed by atoms with van der Waals surface area (Å²) in [6.45, 7) is 0.563. The Hall–Kier alpha value is -1.86. The van der Waals surface area contributed by atoms with Crippen LogP contribution in [0, 0.1) is 0 Å². The largest absolute Gasteiger partial charge is 0.369 e. The van der Waals surface area contributed by atoms with Crippen molar-refractivity contribution in [3.8, 4) is 0 Å². The van der Waals surface area contributed by atoms with Crippen molar-refractivity contribution in [3.05, 3.63) is 51.0 Å². The van der Waals surface area contributed by atoms with Crippen LogP contribution in [0.3, 0.4) is 0 Å². The third kappa shape index (κ3) is 2.54. The molecule has 8 heteroatoms. The van der Waals surface area contributed by atoms with E-state index in [1.807, 2.05) is 24.3 Å². The fraction of sp³-hybridized carbons (Fsp3) is 0.0833. The van der Waals surface area contributed by atoms with Crippen LogP contribution in [0.25, 0.3) is 11.2 Å². The van der Waals surface area contributed by atoms with Crippen LogP contribution in [0.1, 0.15) is 5.56 Å². The third-order valence-electron chi connectivity index (χ3n) is 2.79. The zero-order chi connectivity index (χ0) is 13.4. The molecule has 104 valence electrons. The molecule has 3 rings (SSSR count). The van der Waals surface area contributed by atoms with E-state index in [1.54, 1.807) is 10.9 Å². The molecule has 0 fully saturated rings. The van der Waals surface area contributed by atoms with Crippen LogP contribution < -0.4 is 11.3 Å². The molecule has 3 N–H and O–H groups in total. The second-order valence-electron chi connectivity index (χ2n) is 4.09. The Labute approximate surface area is 128 Å². The highest BCUT2D eigenvalue weighted by molar-refractivity contribution is 9.10. The van der Waals surface area contributed by atoms with Gasteiger partial charge in [0.1, 0.15) is 0 Å². The lowest BCUT2D eigenvalue weighted by atomic mass is 10.2. The van der Waals surface area contributed by atoms with Crippen LogP contribution in [0.5, 0.6) is 0 Å². The number of H-pyrrole nitrogens is 1. The minimum absolute atomic E-state index is 0. The summed E-state index contributed by atoms with van der Waals surface area (Å²) in [5.74, 6) is 0.0892. The standard InChI is InChI=1S/C12H10BrN5O.ClH/c13-8-4-2-1-3-7(8)5-18-6-15-9-10(18)16-12(14)17-11(9)19;/h1-4,6H,5H2,(H3,14,16,17,19);1H. The number of aromatic amines is 1. The van der Waals surface area contributed by atoms with E-state index < -0.39 is 0 Å². The molecule has 0 saturated heterocycles. The van der Waals surface area contributed by atoms with Crippen molar-refractivity contribution in [3.63, 3.8) is 0 Å². The number of nitrogens with zero attached hydrogens (tertiary/aromatic N) is 3. The third-order valence-corrected chi connectivity index (χ3v) is 3.57. The van der Waals surface area contributed by atoms with E-state index >= 15 is 0 Å². The Morgan fingerprint density at radius 3 is 2.85 bits per heavy atom. The number of nitrogens with two attached hydrogens (primary N) is 1. The molecule has 0 aliphatic rings. The Morgan fingerprint density at radius 2 is 2.10 bits per heavy atom. The van der Waals surface area contributed by atoms with Crippen LogP contribution in [-0.2, 0) is 6.54 Å². The lowest BCUT2D eigenvalue weighted by molar-refractivity contribution is 0.810. The SMILES string of the molecule is Cl.Nc1nc2c(ncn2Cc2ccccc2Br)c(=O)[nH]1. The minimum atomic E-state index is -0.326. The molecule has 0 bridgehead atoms. The van der Waals surface area contributed by atoms with Gasteiger partial charge in [-0.3, -0.25) is 9.78 Å². The van der Waals surface area contributed by atoms with Crippen LogP contribution in [-0.4, -0.2) is 19.5 Å². The van der Waals surface area contributed by atoms with Crippen molar-refractivity contribution in [2.75, 3.05) is 5.73 Å². The Bertz CT molecular complexity index is 813. The summed E-state index contributed by atoms with van der Waals surface area (Å²) < 4.78 is 2.79. The molecule has 0 aliphatic heterocycles. The first-order chi connectivity index (χ1) is 9.15. The molecule has 0 spiro atoms. The van der Waals surface area contributed by atoms with Gasteiger partial charge in [-0.1, -0.05) is 34.1 Å². The zero-order valence-electron chi connectivity index (χ0n) is 10.2. The molecule has 2 heterocycles. The maximum Gasteiger partial charge on any atom is 0.280 e. The Balaban J connectivity index is 0.00000147. The Kier molecular flexibility index (Phi) is 4.10. The number of anilines is 1. The number of nitrogens with one attached hydrogen (secondary N) is 1. The molecule has 0 unspecified atom stereocenters. The van der Waals surface area contributed by atoms with E-state index in [0.717, 1.165) is 10.0 Å². The number of hydrogen-bond acceptors (Lipinski definition) is 4. The maximum absolute atomic E-state index is 11.7. The smallest absolute Gasteiger partial charge is 0.280 e. The van der Waals surface area contributed by atoms with E-state index in [-0.39, 0.29) is 23.9 Å². The van der Waals surface area contributed by atoms with Gasteiger partial charge in [0.2, 0.25) is 5.95 Å². The molecular formula is C12H11BrClN5O. The lowest BCUT2D eigenvalue weighted by Crippen LogP contribution is -2.12. The molecule has 0 atom stereocenters. The highest BCUT2D eigenvalue weighted by atomic mass is 79.9. The van der Waals surface area contributed by atoms with Crippen molar-refractivity contribution in [2.24, 2.45) is 0 Å². The summed E-state index contributed by atoms with van der Waals surface area (Å²) in [5, 5.41) is 0. The zero-order valence-corrected chi connectivity index (χ0v) is 12.6. The number of halogens is 2. The number of rotatable bonds is 2. The van der Waals surface area contributed by atoms with E-state index in [4.69, 9.17) is 5.73 Å². The van der Waals surface area contributed by atoms with Gasteiger partial charge in [-0.15, -0.1) is 12.4 Å². The molecular weight excluding hydrogens is 346 g/mol. The fourth-order valence-corrected chi connectivity index (χ4v) is 2.31. The van der Waals surface area contributed by atoms with Gasteiger partial charge in [0, 0.05) is 4.47 Å². The topological polar surface area (TPSA) is 89.6 Å². The van der Waals surface area contributed by atoms with Crippen LogP contribution >= 0.6 is 28.3 Å². The summed E-state index contributed by atoms with van der Waals surface area (Å²) in [7, 11) is 0. The molecule has 3 aromatic rings. The van der Waals surface area contributed by atoms with Crippen molar-refractivity contribution in [2.45, 2.75) is 6.54 Å². The molecule has 0 amide bonds. The van der Waals surface area contributed by atoms with Crippen molar-refractivity contribution < 1.29 is 0 Å². The fourth-order valence-electron chi connectivity index (χ4n) is 1.90. The van der Waals surface area contributed by atoms with E-state index in [9.17, 15) is 4.79 Å². The highest BCUT2D eigenvalue weighted by Gasteiger charge is 2.10. The van der Waals surface area contributed by atoms with E-state index in [1.165, 1.54) is 0 Å². The van der Waals surface area contributed by atoms with E-state index in [2.05, 4.69) is 30.9 Å². The molecule has 20 heavy (non-hydrogen) atoms. The predicted octanol–water partition coefficient (Wildman–Crippen LogP) is 1.93. The van der Waals surface area contributed by atoms with Gasteiger partial charge >= 0.3 is 0 Å². The number of benzene rings is 1. The summed E-state index contributed by atoms with van der Waals surface area (Å²) in [6, 6.07) is 7.85. The first-order valence-corrected chi connectivity index (χ1v) is 6.38. The van der Waals surface area contributed by atoms with Crippen molar-refractivity contribution in [1.29, 1.82) is 0 Å². The number of hydrogen-bond donors (Lipinski definition) is 2. The summed E-state index contributed by atoms with van der Waals surface area (Å²) in [5.41, 5.74) is 7.08. The van der Waals surface area contributed by atoms with Gasteiger partial charge in [0.05, 0.1) is 12.9 Å². The summed E-state index contributed by atoms with van der Waals surface area (Å²) in [4.78, 5) is 22.3. The number of aromatic nitrogens is 4. The molecule has 2 aromatic heterocycles. The van der Waals surface area contributed by atoms with Crippen molar-refractivity contribution in [1.82, 2.24) is 19.5 Å². The lowest BCUT2D eigenvalue weighted by Gasteiger charge is -2.06. The van der Waals surface area contributed by atoms with Gasteiger partial charge in [0.25, 0.3) is 5.56 Å². The van der Waals surface area contributed by atoms with Crippen LogP contribution in [0.4, 0.5) is 5.95 Å². The normalized spacial score (nSPS) is 10.4. The van der Waals surface area contributed by atoms with E-state index in [0.29, 0.717) is 17.7 Å². The van der Waals surface area contributed by atoms with Crippen LogP contribution in [0.15, 0.2) is 39.9 Å². The molecule has 0 aliphatic carbocycles. The predicted molar refractivity (Wildman–Crippen MR) is 83.1 cm³/mol. The summed E-state index contributed by atoms with van der Waals surface area (Å²) >= 11 is 3.49. The summed E-state index contributed by atoms with van der Waals surface area (Å²) in [6.07, 6.45) is 1.59. The molecule has 0 radical (unpaired) electrons. The first-order valence-electron chi connectivity index (χ1n) is 5.59. The van der Waals surface area contributed by atoms with Crippen LogP contribution in [0.2, 0.25) is 0 Å². The quantitative estimate of drug-likeness (QED) is 0.734. The average Bonchev–Trinajstić information content (AvgIpc) is 2.76. The molecule has 1 aromatic carbocycles. The van der Waals surface area contributed by atoms with Gasteiger partial charge < -0.3 is 10.3 Å². The first kappa shape index (κ1) is 14.5. The van der Waals surface area contributed by atoms with Gasteiger partial charge in [-0.25, -0.2) is 4.98 Å². The maximum atomic E-state index is 11.7. The minimum Gasteiger partial charge on any atom is -0.369 e. The number of nitrogen functional groups attached to an aromatic ring is 1. The molecule has 6 nitrogen and oxygen atoms in total. The van der Waals surface area contributed by atoms with Gasteiger partial charge in [-0.2, -0.15) is 4.98 Å². The Morgan fingerprint density at radius 1 is 1.35 bits per heavy atom. The second kappa shape index (κ2) is 5.64. The number of imidazole rings is 1. The number of fused-ring (bicyclic) bond motifs is 1. The van der Waals surface area contributed by atoms with Crippen molar-refractivity contribution >= 4 is 45.4 Å². The average molecular weight is 357 g/mol. The molecule has 0 saturated carbocycles. The van der Waals surface area contributed by atoms with Gasteiger partial charge in [0.15, 0.2) is 11.2 Å². The monoisotopic (exact) mass is 355 g/mol. The second-order valence-corrected chi connectivity index (χ2v) is 4.94. The highest BCUT2D eigenvalue weighted by Crippen LogP contribution is 2.18.